The van der Waals surface area contributed by atoms with E-state index in [-0.39, 0.29) is 11.8 Å². The number of hydrogen-bond acceptors (Lipinski definition) is 4. The van der Waals surface area contributed by atoms with Crippen molar-refractivity contribution in [3.63, 3.8) is 0 Å². The quantitative estimate of drug-likeness (QED) is 0.830. The van der Waals surface area contributed by atoms with Gasteiger partial charge in [-0.05, 0) is 50.7 Å². The number of ether oxygens (including phenoxy) is 2. The molecule has 2 aliphatic heterocycles. The Labute approximate surface area is 154 Å². The average molecular weight is 358 g/mol. The normalized spacial score (nSPS) is 25.7. The summed E-state index contributed by atoms with van der Waals surface area (Å²) in [6, 6.07) is 5.59. The predicted molar refractivity (Wildman–Crippen MR) is 96.5 cm³/mol. The molecule has 3 aliphatic rings. The van der Waals surface area contributed by atoms with Crippen LogP contribution in [0.25, 0.3) is 0 Å². The number of piperidine rings is 1. The van der Waals surface area contributed by atoms with E-state index in [0.717, 1.165) is 45.1 Å². The maximum Gasteiger partial charge on any atom is 0.255 e. The second kappa shape index (κ2) is 6.49. The fourth-order valence-electron chi connectivity index (χ4n) is 4.50. The molecule has 140 valence electrons. The van der Waals surface area contributed by atoms with E-state index in [4.69, 9.17) is 9.47 Å². The molecule has 6 nitrogen and oxygen atoms in total. The third-order valence-electron chi connectivity index (χ3n) is 5.97. The topological polar surface area (TPSA) is 59.1 Å². The summed E-state index contributed by atoms with van der Waals surface area (Å²) in [7, 11) is 3.14. The van der Waals surface area contributed by atoms with Gasteiger partial charge in [0.2, 0.25) is 5.91 Å². The Morgan fingerprint density at radius 2 is 1.65 bits per heavy atom. The van der Waals surface area contributed by atoms with Crippen LogP contribution >= 0.6 is 0 Å². The third kappa shape index (κ3) is 2.72. The van der Waals surface area contributed by atoms with E-state index in [1.807, 2.05) is 9.80 Å². The maximum atomic E-state index is 13.3. The second-order valence-electron chi connectivity index (χ2n) is 7.53. The summed E-state index contributed by atoms with van der Waals surface area (Å²) in [5, 5.41) is 0. The summed E-state index contributed by atoms with van der Waals surface area (Å²) in [6.45, 7) is 1.46. The fourth-order valence-corrected chi connectivity index (χ4v) is 4.50. The summed E-state index contributed by atoms with van der Waals surface area (Å²) < 4.78 is 10.6. The van der Waals surface area contributed by atoms with Crippen LogP contribution < -0.4 is 9.47 Å². The molecule has 0 aromatic heterocycles. The molecular formula is C20H26N2O4. The standard InChI is InChI=1S/C20H26N2O4/c1-25-16-11-14(12-17(13-16)26-2)18(23)22-10-4-8-20(22)7-3-9-21(19(20)24)15-5-6-15/h11-13,15H,3-10H2,1-2H3. The zero-order valence-electron chi connectivity index (χ0n) is 15.5. The van der Waals surface area contributed by atoms with Crippen molar-refractivity contribution >= 4 is 11.8 Å². The van der Waals surface area contributed by atoms with Gasteiger partial charge in [0, 0.05) is 30.8 Å². The van der Waals surface area contributed by atoms with Gasteiger partial charge in [-0.2, -0.15) is 0 Å². The van der Waals surface area contributed by atoms with Gasteiger partial charge < -0.3 is 19.3 Å². The van der Waals surface area contributed by atoms with Crippen LogP contribution in [0.3, 0.4) is 0 Å². The van der Waals surface area contributed by atoms with Crippen molar-refractivity contribution in [2.75, 3.05) is 27.3 Å². The van der Waals surface area contributed by atoms with Crippen LogP contribution in [0.4, 0.5) is 0 Å². The van der Waals surface area contributed by atoms with Gasteiger partial charge in [-0.15, -0.1) is 0 Å². The first-order valence-electron chi connectivity index (χ1n) is 9.45. The Hall–Kier alpha value is -2.24. The summed E-state index contributed by atoms with van der Waals surface area (Å²) in [5.74, 6) is 1.21. The third-order valence-corrected chi connectivity index (χ3v) is 5.97. The van der Waals surface area contributed by atoms with Crippen LogP contribution in [0.1, 0.15) is 48.9 Å². The minimum Gasteiger partial charge on any atom is -0.497 e. The van der Waals surface area contributed by atoms with Gasteiger partial charge in [-0.3, -0.25) is 9.59 Å². The minimum absolute atomic E-state index is 0.106. The number of carbonyl (C=O) groups excluding carboxylic acids is 2. The fraction of sp³-hybridized carbons (Fsp3) is 0.600. The molecule has 26 heavy (non-hydrogen) atoms. The Morgan fingerprint density at radius 3 is 2.23 bits per heavy atom. The van der Waals surface area contributed by atoms with E-state index in [9.17, 15) is 9.59 Å². The molecule has 2 heterocycles. The molecule has 1 atom stereocenters. The van der Waals surface area contributed by atoms with E-state index in [1.54, 1.807) is 32.4 Å². The van der Waals surface area contributed by atoms with E-state index >= 15 is 0 Å². The molecule has 1 unspecified atom stereocenters. The number of likely N-dealkylation sites (tertiary alicyclic amines) is 2. The average Bonchev–Trinajstić information content (AvgIpc) is 3.43. The number of hydrogen-bond donors (Lipinski definition) is 0. The van der Waals surface area contributed by atoms with Crippen LogP contribution in [0.2, 0.25) is 0 Å². The summed E-state index contributed by atoms with van der Waals surface area (Å²) in [5.41, 5.74) is -0.146. The van der Waals surface area contributed by atoms with Gasteiger partial charge in [-0.25, -0.2) is 0 Å². The zero-order chi connectivity index (χ0) is 18.3. The van der Waals surface area contributed by atoms with E-state index in [1.165, 1.54) is 0 Å². The molecule has 1 aromatic carbocycles. The lowest BCUT2D eigenvalue weighted by Gasteiger charge is -2.44. The van der Waals surface area contributed by atoms with Gasteiger partial charge in [0.05, 0.1) is 14.2 Å². The van der Waals surface area contributed by atoms with E-state index in [2.05, 4.69) is 0 Å². The molecule has 3 fully saturated rings. The van der Waals surface area contributed by atoms with Crippen LogP contribution in [-0.4, -0.2) is 60.5 Å². The summed E-state index contributed by atoms with van der Waals surface area (Å²) in [4.78, 5) is 30.5. The number of rotatable bonds is 4. The number of carbonyl (C=O) groups is 2. The summed E-state index contributed by atoms with van der Waals surface area (Å²) >= 11 is 0. The molecule has 6 heteroatoms. The molecular weight excluding hydrogens is 332 g/mol. The Kier molecular flexibility index (Phi) is 4.29. The lowest BCUT2D eigenvalue weighted by Crippen LogP contribution is -2.61. The first-order valence-corrected chi connectivity index (χ1v) is 9.45. The molecule has 0 N–H and O–H groups in total. The highest BCUT2D eigenvalue weighted by atomic mass is 16.5. The minimum atomic E-state index is -0.658. The molecule has 0 radical (unpaired) electrons. The monoisotopic (exact) mass is 358 g/mol. The highest BCUT2D eigenvalue weighted by Crippen LogP contribution is 2.42. The van der Waals surface area contributed by atoms with Crippen LogP contribution in [0.15, 0.2) is 18.2 Å². The van der Waals surface area contributed by atoms with Crippen LogP contribution in [-0.2, 0) is 4.79 Å². The van der Waals surface area contributed by atoms with Crippen molar-refractivity contribution in [2.24, 2.45) is 0 Å². The first kappa shape index (κ1) is 17.2. The van der Waals surface area contributed by atoms with Crippen molar-refractivity contribution in [2.45, 2.75) is 50.1 Å². The predicted octanol–water partition coefficient (Wildman–Crippen LogP) is 2.46. The van der Waals surface area contributed by atoms with Gasteiger partial charge in [0.25, 0.3) is 5.91 Å². The van der Waals surface area contributed by atoms with Crippen molar-refractivity contribution in [3.05, 3.63) is 23.8 Å². The van der Waals surface area contributed by atoms with Gasteiger partial charge >= 0.3 is 0 Å². The molecule has 2 saturated heterocycles. The molecule has 1 aromatic rings. The van der Waals surface area contributed by atoms with Crippen LogP contribution in [0.5, 0.6) is 11.5 Å². The molecule has 1 aliphatic carbocycles. The highest BCUT2D eigenvalue weighted by Gasteiger charge is 2.54. The lowest BCUT2D eigenvalue weighted by atomic mass is 9.85. The van der Waals surface area contributed by atoms with E-state index < -0.39 is 5.54 Å². The largest absolute Gasteiger partial charge is 0.497 e. The van der Waals surface area contributed by atoms with E-state index in [0.29, 0.717) is 29.6 Å². The Bertz CT molecular complexity index is 708. The number of amides is 2. The molecule has 1 saturated carbocycles. The maximum absolute atomic E-state index is 13.3. The summed E-state index contributed by atoms with van der Waals surface area (Å²) in [6.07, 6.45) is 5.57. The number of nitrogens with zero attached hydrogens (tertiary/aromatic N) is 2. The first-order chi connectivity index (χ1) is 12.6. The second-order valence-corrected chi connectivity index (χ2v) is 7.53. The molecule has 1 spiro atoms. The molecule has 2 amide bonds. The smallest absolute Gasteiger partial charge is 0.255 e. The Morgan fingerprint density at radius 1 is 1.04 bits per heavy atom. The molecule has 0 bridgehead atoms. The Balaban J connectivity index is 1.66. The van der Waals surface area contributed by atoms with Crippen molar-refractivity contribution in [1.29, 1.82) is 0 Å². The van der Waals surface area contributed by atoms with Crippen molar-refractivity contribution in [3.8, 4) is 11.5 Å². The lowest BCUT2D eigenvalue weighted by molar-refractivity contribution is -0.146. The van der Waals surface area contributed by atoms with Crippen LogP contribution in [0, 0.1) is 0 Å². The van der Waals surface area contributed by atoms with Gasteiger partial charge in [-0.1, -0.05) is 0 Å². The van der Waals surface area contributed by atoms with Gasteiger partial charge in [0.1, 0.15) is 17.0 Å². The van der Waals surface area contributed by atoms with Gasteiger partial charge in [0.15, 0.2) is 0 Å². The number of benzene rings is 1. The highest BCUT2D eigenvalue weighted by molar-refractivity contribution is 6.00. The zero-order valence-corrected chi connectivity index (χ0v) is 15.5. The SMILES string of the molecule is COc1cc(OC)cc(C(=O)N2CCCC23CCCN(C2CC2)C3=O)c1. The van der Waals surface area contributed by atoms with Crippen molar-refractivity contribution in [1.82, 2.24) is 9.80 Å². The molecule has 4 rings (SSSR count). The van der Waals surface area contributed by atoms with Crippen molar-refractivity contribution < 1.29 is 19.1 Å². The number of methoxy groups -OCH3 is 2.